The Morgan fingerprint density at radius 2 is 2.00 bits per heavy atom. The van der Waals surface area contributed by atoms with Crippen molar-refractivity contribution in [3.63, 3.8) is 0 Å². The zero-order chi connectivity index (χ0) is 15.0. The molecule has 1 N–H and O–H groups in total. The number of hydrogen-bond acceptors (Lipinski definition) is 5. The van der Waals surface area contributed by atoms with E-state index in [2.05, 4.69) is 20.3 Å². The van der Waals surface area contributed by atoms with E-state index in [1.54, 1.807) is 17.4 Å². The van der Waals surface area contributed by atoms with Crippen molar-refractivity contribution < 1.29 is 0 Å². The third kappa shape index (κ3) is 2.81. The highest BCUT2D eigenvalue weighted by Gasteiger charge is 2.14. The van der Waals surface area contributed by atoms with Gasteiger partial charge >= 0.3 is 0 Å². The number of aromatic nitrogens is 3. The third-order valence-electron chi connectivity index (χ3n) is 2.91. The van der Waals surface area contributed by atoms with Crippen molar-refractivity contribution in [1.82, 2.24) is 15.0 Å². The Bertz CT molecular complexity index is 816. The summed E-state index contributed by atoms with van der Waals surface area (Å²) in [6.45, 7) is 4.70. The van der Waals surface area contributed by atoms with E-state index in [1.165, 1.54) is 0 Å². The molecule has 0 fully saturated rings. The largest absolute Gasteiger partial charge is 0.370 e. The maximum Gasteiger partial charge on any atom is 0.181 e. The summed E-state index contributed by atoms with van der Waals surface area (Å²) in [5.41, 5.74) is 1.43. The molecule has 0 saturated heterocycles. The van der Waals surface area contributed by atoms with E-state index in [-0.39, 0.29) is 0 Å². The van der Waals surface area contributed by atoms with Crippen LogP contribution in [0.25, 0.3) is 22.4 Å². The number of anilines is 1. The summed E-state index contributed by atoms with van der Waals surface area (Å²) in [7, 11) is 0. The second-order valence-corrected chi connectivity index (χ2v) is 6.37. The van der Waals surface area contributed by atoms with Gasteiger partial charge < -0.3 is 5.32 Å². The van der Waals surface area contributed by atoms with Crippen LogP contribution in [0, 0.1) is 6.92 Å². The van der Waals surface area contributed by atoms with Crippen LogP contribution in [0.4, 0.5) is 5.82 Å². The van der Waals surface area contributed by atoms with Gasteiger partial charge in [-0.2, -0.15) is 0 Å². The first-order chi connectivity index (χ1) is 10.1. The lowest BCUT2D eigenvalue weighted by atomic mass is 10.2. The third-order valence-corrected chi connectivity index (χ3v) is 4.19. The predicted molar refractivity (Wildman–Crippen MR) is 89.6 cm³/mol. The normalized spacial score (nSPS) is 11.0. The number of nitrogens with zero attached hydrogens (tertiary/aromatic N) is 3. The van der Waals surface area contributed by atoms with Crippen LogP contribution < -0.4 is 5.32 Å². The molecule has 108 valence electrons. The fraction of sp³-hybridized carbons (Fsp3) is 0.214. The van der Waals surface area contributed by atoms with Crippen LogP contribution in [0.3, 0.4) is 0 Å². The standard InChI is InChI=1S/C14H12Cl2N4S/c1-3-17-13-9-4-8(15)5-10(16)12(9)19-14(20-13)11-6-21-7(2)18-11/h4-6H,3H2,1-2H3,(H,17,19,20). The monoisotopic (exact) mass is 338 g/mol. The average molecular weight is 339 g/mol. The van der Waals surface area contributed by atoms with Gasteiger partial charge in [-0.15, -0.1) is 11.3 Å². The van der Waals surface area contributed by atoms with Crippen molar-refractivity contribution in [3.05, 3.63) is 32.6 Å². The topological polar surface area (TPSA) is 50.7 Å². The van der Waals surface area contributed by atoms with Crippen LogP contribution in [-0.2, 0) is 0 Å². The highest BCUT2D eigenvalue weighted by atomic mass is 35.5. The van der Waals surface area contributed by atoms with Gasteiger partial charge in [0.1, 0.15) is 11.5 Å². The Hall–Kier alpha value is -1.43. The molecule has 0 bridgehead atoms. The summed E-state index contributed by atoms with van der Waals surface area (Å²) < 4.78 is 0. The maximum atomic E-state index is 6.28. The average Bonchev–Trinajstić information content (AvgIpc) is 2.86. The van der Waals surface area contributed by atoms with E-state index >= 15 is 0 Å². The van der Waals surface area contributed by atoms with Crippen molar-refractivity contribution in [2.45, 2.75) is 13.8 Å². The van der Waals surface area contributed by atoms with Gasteiger partial charge in [0.25, 0.3) is 0 Å². The van der Waals surface area contributed by atoms with Gasteiger partial charge in [0.2, 0.25) is 0 Å². The fourth-order valence-electron chi connectivity index (χ4n) is 2.04. The summed E-state index contributed by atoms with van der Waals surface area (Å²) >= 11 is 13.9. The van der Waals surface area contributed by atoms with Crippen molar-refractivity contribution >= 4 is 51.3 Å². The predicted octanol–water partition coefficient (Wildman–Crippen LogP) is 4.80. The smallest absolute Gasteiger partial charge is 0.181 e. The first kappa shape index (κ1) is 14.5. The second kappa shape index (κ2) is 5.75. The molecule has 0 saturated carbocycles. The van der Waals surface area contributed by atoms with Gasteiger partial charge in [-0.25, -0.2) is 15.0 Å². The minimum absolute atomic E-state index is 0.507. The first-order valence-corrected chi connectivity index (χ1v) is 8.05. The maximum absolute atomic E-state index is 6.28. The number of halogens is 2. The lowest BCUT2D eigenvalue weighted by Gasteiger charge is -2.10. The molecule has 21 heavy (non-hydrogen) atoms. The molecule has 0 aliphatic heterocycles. The van der Waals surface area contributed by atoms with Crippen molar-refractivity contribution in [1.29, 1.82) is 0 Å². The molecular formula is C14H12Cl2N4S. The highest BCUT2D eigenvalue weighted by Crippen LogP contribution is 2.32. The minimum atomic E-state index is 0.507. The molecule has 4 nitrogen and oxygen atoms in total. The number of rotatable bonds is 3. The Balaban J connectivity index is 2.28. The summed E-state index contributed by atoms with van der Waals surface area (Å²) in [6, 6.07) is 3.50. The van der Waals surface area contributed by atoms with E-state index in [1.807, 2.05) is 25.3 Å². The van der Waals surface area contributed by atoms with E-state index < -0.39 is 0 Å². The molecule has 3 aromatic rings. The number of fused-ring (bicyclic) bond motifs is 1. The molecule has 0 spiro atoms. The Labute approximate surface area is 136 Å². The molecule has 0 atom stereocenters. The molecule has 0 unspecified atom stereocenters. The van der Waals surface area contributed by atoms with E-state index in [4.69, 9.17) is 23.2 Å². The number of aryl methyl sites for hydroxylation is 1. The van der Waals surface area contributed by atoms with Crippen LogP contribution in [0.2, 0.25) is 10.0 Å². The molecule has 0 aliphatic carbocycles. The summed E-state index contributed by atoms with van der Waals surface area (Å²) in [5.74, 6) is 1.28. The number of nitrogens with one attached hydrogen (secondary N) is 1. The van der Waals surface area contributed by atoms with Crippen molar-refractivity contribution in [3.8, 4) is 11.5 Å². The molecule has 2 aromatic heterocycles. The fourth-order valence-corrected chi connectivity index (χ4v) is 3.17. The molecule has 0 amide bonds. The molecule has 1 aromatic carbocycles. The lowest BCUT2D eigenvalue weighted by Crippen LogP contribution is -2.03. The Kier molecular flexibility index (Phi) is 3.97. The number of benzene rings is 1. The van der Waals surface area contributed by atoms with Crippen molar-refractivity contribution in [2.24, 2.45) is 0 Å². The molecule has 7 heteroatoms. The zero-order valence-electron chi connectivity index (χ0n) is 11.4. The number of thiazole rings is 1. The van der Waals surface area contributed by atoms with E-state index in [0.29, 0.717) is 27.2 Å². The first-order valence-electron chi connectivity index (χ1n) is 6.41. The van der Waals surface area contributed by atoms with Crippen LogP contribution in [0.1, 0.15) is 11.9 Å². The molecule has 3 rings (SSSR count). The summed E-state index contributed by atoms with van der Waals surface area (Å²) in [6.07, 6.45) is 0. The quantitative estimate of drug-likeness (QED) is 0.745. The van der Waals surface area contributed by atoms with Crippen LogP contribution >= 0.6 is 34.5 Å². The van der Waals surface area contributed by atoms with Gasteiger partial charge in [0.15, 0.2) is 5.82 Å². The summed E-state index contributed by atoms with van der Waals surface area (Å²) in [4.78, 5) is 13.5. The Morgan fingerprint density at radius 1 is 1.19 bits per heavy atom. The van der Waals surface area contributed by atoms with E-state index in [0.717, 1.165) is 22.6 Å². The minimum Gasteiger partial charge on any atom is -0.370 e. The second-order valence-electron chi connectivity index (χ2n) is 4.46. The number of hydrogen-bond donors (Lipinski definition) is 1. The van der Waals surface area contributed by atoms with Crippen molar-refractivity contribution in [2.75, 3.05) is 11.9 Å². The van der Waals surface area contributed by atoms with Gasteiger partial charge in [0.05, 0.1) is 15.5 Å². The molecule has 0 aliphatic rings. The SMILES string of the molecule is CCNc1nc(-c2csc(C)n2)nc2c(Cl)cc(Cl)cc12. The van der Waals surface area contributed by atoms with Crippen LogP contribution in [0.5, 0.6) is 0 Å². The van der Waals surface area contributed by atoms with Gasteiger partial charge in [-0.1, -0.05) is 23.2 Å². The van der Waals surface area contributed by atoms with Crippen LogP contribution in [-0.4, -0.2) is 21.5 Å². The van der Waals surface area contributed by atoms with E-state index in [9.17, 15) is 0 Å². The molecular weight excluding hydrogens is 327 g/mol. The molecule has 2 heterocycles. The van der Waals surface area contributed by atoms with Gasteiger partial charge in [0, 0.05) is 22.3 Å². The van der Waals surface area contributed by atoms with Gasteiger partial charge in [-0.05, 0) is 26.0 Å². The lowest BCUT2D eigenvalue weighted by molar-refractivity contribution is 1.13. The van der Waals surface area contributed by atoms with Gasteiger partial charge in [-0.3, -0.25) is 0 Å². The Morgan fingerprint density at radius 3 is 2.67 bits per heavy atom. The molecule has 0 radical (unpaired) electrons. The summed E-state index contributed by atoms with van der Waals surface area (Å²) in [5, 5.41) is 8.02. The highest BCUT2D eigenvalue weighted by molar-refractivity contribution is 7.09. The zero-order valence-corrected chi connectivity index (χ0v) is 13.8. The van der Waals surface area contributed by atoms with Crippen LogP contribution in [0.15, 0.2) is 17.5 Å².